The molecule has 0 saturated heterocycles. The van der Waals surface area contributed by atoms with Gasteiger partial charge < -0.3 is 10.6 Å². The Labute approximate surface area is 122 Å². The van der Waals surface area contributed by atoms with Crippen molar-refractivity contribution in [1.29, 1.82) is 0 Å². The van der Waals surface area contributed by atoms with Crippen LogP contribution in [0.2, 0.25) is 0 Å². The first-order chi connectivity index (χ1) is 9.60. The van der Waals surface area contributed by atoms with Crippen molar-refractivity contribution >= 4 is 17.3 Å². The first-order valence-corrected chi connectivity index (χ1v) is 7.76. The van der Waals surface area contributed by atoms with Crippen LogP contribution in [0.5, 0.6) is 0 Å². The van der Waals surface area contributed by atoms with E-state index in [0.717, 1.165) is 17.3 Å². The Hall–Kier alpha value is -1.51. The maximum Gasteiger partial charge on any atom is 0.224 e. The maximum atomic E-state index is 11.4. The molecule has 1 fully saturated rings. The first-order valence-electron chi connectivity index (χ1n) is 7.76. The molecule has 3 nitrogen and oxygen atoms in total. The summed E-state index contributed by atoms with van der Waals surface area (Å²) in [5.74, 6) is 1.53. The number of carbonyl (C=O) groups excluding carboxylic acids is 1. The predicted molar refractivity (Wildman–Crippen MR) is 85.0 cm³/mol. The zero-order chi connectivity index (χ0) is 14.5. The lowest BCUT2D eigenvalue weighted by molar-refractivity contribution is -0.115. The summed E-state index contributed by atoms with van der Waals surface area (Å²) in [5.41, 5.74) is 1.98. The molecule has 0 aliphatic heterocycles. The van der Waals surface area contributed by atoms with Crippen molar-refractivity contribution in [3.8, 4) is 0 Å². The lowest BCUT2D eigenvalue weighted by Gasteiger charge is -2.35. The lowest BCUT2D eigenvalue weighted by atomic mass is 9.78. The molecule has 2 N–H and O–H groups in total. The molecule has 2 rings (SSSR count). The van der Waals surface area contributed by atoms with Gasteiger partial charge in [0.15, 0.2) is 0 Å². The van der Waals surface area contributed by atoms with Gasteiger partial charge in [-0.3, -0.25) is 4.79 Å². The van der Waals surface area contributed by atoms with Crippen LogP contribution in [-0.4, -0.2) is 11.9 Å². The minimum atomic E-state index is 0.0572. The summed E-state index contributed by atoms with van der Waals surface area (Å²) in [5, 5.41) is 6.55. The van der Waals surface area contributed by atoms with Gasteiger partial charge in [-0.15, -0.1) is 0 Å². The summed E-state index contributed by atoms with van der Waals surface area (Å²) < 4.78 is 0. The standard InChI is InChI=1S/C17H26N2O/c1-4-17(20)19-15-9-6-8-14(11-15)18-16-10-5-7-12(2)13(16)3/h6,8-9,11-13,16,18H,4-5,7,10H2,1-3H3,(H,19,20). The second-order valence-electron chi connectivity index (χ2n) is 6.00. The molecule has 0 bridgehead atoms. The maximum absolute atomic E-state index is 11.4. The van der Waals surface area contributed by atoms with E-state index in [2.05, 4.69) is 30.5 Å². The number of amides is 1. The van der Waals surface area contributed by atoms with Crippen LogP contribution in [0, 0.1) is 11.8 Å². The Balaban J connectivity index is 2.02. The fourth-order valence-corrected chi connectivity index (χ4v) is 2.94. The zero-order valence-electron chi connectivity index (χ0n) is 12.8. The summed E-state index contributed by atoms with van der Waals surface area (Å²) >= 11 is 0. The molecule has 3 heteroatoms. The summed E-state index contributed by atoms with van der Waals surface area (Å²) in [4.78, 5) is 11.4. The highest BCUT2D eigenvalue weighted by molar-refractivity contribution is 5.90. The minimum absolute atomic E-state index is 0.0572. The van der Waals surface area contributed by atoms with E-state index in [1.807, 2.05) is 25.1 Å². The number of carbonyl (C=O) groups is 1. The van der Waals surface area contributed by atoms with Gasteiger partial charge in [0.2, 0.25) is 5.91 Å². The van der Waals surface area contributed by atoms with E-state index in [1.54, 1.807) is 0 Å². The Morgan fingerprint density at radius 3 is 2.75 bits per heavy atom. The van der Waals surface area contributed by atoms with Crippen LogP contribution in [0.4, 0.5) is 11.4 Å². The van der Waals surface area contributed by atoms with E-state index in [-0.39, 0.29) is 5.91 Å². The largest absolute Gasteiger partial charge is 0.382 e. The van der Waals surface area contributed by atoms with Crippen LogP contribution >= 0.6 is 0 Å². The number of rotatable bonds is 4. The average molecular weight is 274 g/mol. The van der Waals surface area contributed by atoms with E-state index in [4.69, 9.17) is 0 Å². The predicted octanol–water partition coefficient (Wildman–Crippen LogP) is 4.27. The van der Waals surface area contributed by atoms with E-state index < -0.39 is 0 Å². The minimum Gasteiger partial charge on any atom is -0.382 e. The summed E-state index contributed by atoms with van der Waals surface area (Å²) in [6, 6.07) is 8.57. The van der Waals surface area contributed by atoms with Crippen molar-refractivity contribution in [2.75, 3.05) is 10.6 Å². The molecule has 0 radical (unpaired) electrons. The summed E-state index contributed by atoms with van der Waals surface area (Å²) in [6.07, 6.45) is 4.38. The van der Waals surface area contributed by atoms with Gasteiger partial charge >= 0.3 is 0 Å². The van der Waals surface area contributed by atoms with Crippen molar-refractivity contribution in [3.05, 3.63) is 24.3 Å². The van der Waals surface area contributed by atoms with E-state index in [0.29, 0.717) is 18.4 Å². The highest BCUT2D eigenvalue weighted by Crippen LogP contribution is 2.31. The van der Waals surface area contributed by atoms with Crippen LogP contribution in [0.1, 0.15) is 46.5 Å². The van der Waals surface area contributed by atoms with E-state index in [9.17, 15) is 4.79 Å². The molecular weight excluding hydrogens is 248 g/mol. The summed E-state index contributed by atoms with van der Waals surface area (Å²) in [7, 11) is 0. The lowest BCUT2D eigenvalue weighted by Crippen LogP contribution is -2.35. The second kappa shape index (κ2) is 6.78. The topological polar surface area (TPSA) is 41.1 Å². The molecule has 0 heterocycles. The molecule has 1 aliphatic carbocycles. The fraction of sp³-hybridized carbons (Fsp3) is 0.588. The van der Waals surface area contributed by atoms with Crippen molar-refractivity contribution in [2.24, 2.45) is 11.8 Å². The quantitative estimate of drug-likeness (QED) is 0.860. The number of anilines is 2. The SMILES string of the molecule is CCC(=O)Nc1cccc(NC2CCCC(C)C2C)c1. The first kappa shape index (κ1) is 14.9. The molecule has 1 aromatic carbocycles. The molecule has 0 aromatic heterocycles. The molecule has 1 saturated carbocycles. The molecule has 3 atom stereocenters. The van der Waals surface area contributed by atoms with Gasteiger partial charge in [0.05, 0.1) is 0 Å². The Morgan fingerprint density at radius 2 is 2.00 bits per heavy atom. The van der Waals surface area contributed by atoms with E-state index >= 15 is 0 Å². The van der Waals surface area contributed by atoms with Gasteiger partial charge in [-0.05, 0) is 36.5 Å². The van der Waals surface area contributed by atoms with Gasteiger partial charge in [-0.1, -0.05) is 39.7 Å². The fourth-order valence-electron chi connectivity index (χ4n) is 2.94. The molecule has 20 heavy (non-hydrogen) atoms. The number of nitrogens with one attached hydrogen (secondary N) is 2. The number of benzene rings is 1. The van der Waals surface area contributed by atoms with Gasteiger partial charge in [0, 0.05) is 23.8 Å². The third kappa shape index (κ3) is 3.75. The number of hydrogen-bond acceptors (Lipinski definition) is 2. The van der Waals surface area contributed by atoms with Gasteiger partial charge in [0.25, 0.3) is 0 Å². The van der Waals surface area contributed by atoms with Gasteiger partial charge in [-0.2, -0.15) is 0 Å². The van der Waals surface area contributed by atoms with Crippen molar-refractivity contribution < 1.29 is 4.79 Å². The molecule has 1 aromatic rings. The Morgan fingerprint density at radius 1 is 1.25 bits per heavy atom. The number of hydrogen-bond donors (Lipinski definition) is 2. The highest BCUT2D eigenvalue weighted by atomic mass is 16.1. The van der Waals surface area contributed by atoms with Gasteiger partial charge in [-0.25, -0.2) is 0 Å². The third-order valence-electron chi connectivity index (χ3n) is 4.53. The highest BCUT2D eigenvalue weighted by Gasteiger charge is 2.26. The monoisotopic (exact) mass is 274 g/mol. The van der Waals surface area contributed by atoms with Crippen LogP contribution in [0.25, 0.3) is 0 Å². The second-order valence-corrected chi connectivity index (χ2v) is 6.00. The Kier molecular flexibility index (Phi) is 5.05. The third-order valence-corrected chi connectivity index (χ3v) is 4.53. The smallest absolute Gasteiger partial charge is 0.224 e. The molecule has 3 unspecified atom stereocenters. The van der Waals surface area contributed by atoms with Crippen LogP contribution in [0.15, 0.2) is 24.3 Å². The molecule has 1 amide bonds. The normalized spacial score (nSPS) is 26.1. The summed E-state index contributed by atoms with van der Waals surface area (Å²) in [6.45, 7) is 6.54. The van der Waals surface area contributed by atoms with Crippen LogP contribution in [-0.2, 0) is 4.79 Å². The van der Waals surface area contributed by atoms with E-state index in [1.165, 1.54) is 19.3 Å². The van der Waals surface area contributed by atoms with Gasteiger partial charge in [0.1, 0.15) is 0 Å². The molecular formula is C17H26N2O. The van der Waals surface area contributed by atoms with Crippen molar-refractivity contribution in [3.63, 3.8) is 0 Å². The molecule has 0 spiro atoms. The molecule has 1 aliphatic rings. The van der Waals surface area contributed by atoms with Crippen LogP contribution < -0.4 is 10.6 Å². The van der Waals surface area contributed by atoms with Crippen molar-refractivity contribution in [1.82, 2.24) is 0 Å². The Bertz CT molecular complexity index is 458. The van der Waals surface area contributed by atoms with Crippen molar-refractivity contribution in [2.45, 2.75) is 52.5 Å². The van der Waals surface area contributed by atoms with Crippen LogP contribution in [0.3, 0.4) is 0 Å². The average Bonchev–Trinajstić information content (AvgIpc) is 2.44. The zero-order valence-corrected chi connectivity index (χ0v) is 12.8. The molecule has 110 valence electrons.